The average molecular weight is 288 g/mol. The number of alkyl halides is 3. The lowest BCUT2D eigenvalue weighted by molar-refractivity contribution is -0.139. The summed E-state index contributed by atoms with van der Waals surface area (Å²) in [6.07, 6.45) is -4.47. The molecule has 0 bridgehead atoms. The Kier molecular flexibility index (Phi) is 5.36. The first-order valence-electron chi connectivity index (χ1n) is 5.50. The van der Waals surface area contributed by atoms with E-state index in [1.807, 2.05) is 0 Å². The van der Waals surface area contributed by atoms with Gasteiger partial charge in [0.05, 0.1) is 5.56 Å². The third-order valence-corrected chi connectivity index (χ3v) is 2.44. The highest BCUT2D eigenvalue weighted by Gasteiger charge is 2.30. The molecule has 1 unspecified atom stereocenters. The van der Waals surface area contributed by atoms with E-state index in [4.69, 9.17) is 10.6 Å². The second kappa shape index (κ2) is 6.78. The van der Waals surface area contributed by atoms with E-state index in [0.717, 1.165) is 24.3 Å². The summed E-state index contributed by atoms with van der Waals surface area (Å²) in [6, 6.07) is 2.68. The van der Waals surface area contributed by atoms with Crippen molar-refractivity contribution in [3.63, 3.8) is 0 Å². The first kappa shape index (κ1) is 15.8. The number of benzene rings is 1. The second-order valence-electron chi connectivity index (χ2n) is 3.80. The minimum Gasteiger partial charge on any atom is -0.480 e. The predicted molar refractivity (Wildman–Crippen MR) is 63.8 cm³/mol. The van der Waals surface area contributed by atoms with Gasteiger partial charge in [-0.05, 0) is 23.2 Å². The van der Waals surface area contributed by atoms with E-state index in [9.17, 15) is 18.0 Å². The standard InChI is InChI=1S/C11H11F3N4O2/c12-11(13,14)8-3-1-7(2-4-8)9(10(19)20)16-5-6-17-18-15/h1-4,9,16H,5-6H2,(H,19,20). The molecular formula is C11H11F3N4O2. The summed E-state index contributed by atoms with van der Waals surface area (Å²) in [5, 5.41) is 14.8. The number of azide groups is 1. The topological polar surface area (TPSA) is 98.1 Å². The third kappa shape index (κ3) is 4.45. The molecule has 1 atom stereocenters. The van der Waals surface area contributed by atoms with Crippen molar-refractivity contribution in [2.45, 2.75) is 12.2 Å². The van der Waals surface area contributed by atoms with Gasteiger partial charge < -0.3 is 10.4 Å². The zero-order chi connectivity index (χ0) is 15.2. The number of nitrogens with one attached hydrogen (secondary N) is 1. The Morgan fingerprint density at radius 2 is 2.00 bits per heavy atom. The molecule has 108 valence electrons. The molecule has 0 radical (unpaired) electrons. The van der Waals surface area contributed by atoms with Gasteiger partial charge in [0, 0.05) is 18.0 Å². The number of rotatable bonds is 6. The monoisotopic (exact) mass is 288 g/mol. The van der Waals surface area contributed by atoms with Crippen molar-refractivity contribution in [1.82, 2.24) is 5.32 Å². The fraction of sp³-hybridized carbons (Fsp3) is 0.364. The molecule has 0 aliphatic heterocycles. The Morgan fingerprint density at radius 1 is 1.40 bits per heavy atom. The lowest BCUT2D eigenvalue weighted by Gasteiger charge is -2.15. The maximum atomic E-state index is 12.4. The van der Waals surface area contributed by atoms with E-state index >= 15 is 0 Å². The smallest absolute Gasteiger partial charge is 0.416 e. The van der Waals surface area contributed by atoms with Crippen LogP contribution in [0.25, 0.3) is 10.4 Å². The average Bonchev–Trinajstić information content (AvgIpc) is 2.37. The van der Waals surface area contributed by atoms with E-state index in [-0.39, 0.29) is 18.7 Å². The van der Waals surface area contributed by atoms with Gasteiger partial charge in [0.1, 0.15) is 6.04 Å². The maximum absolute atomic E-state index is 12.4. The van der Waals surface area contributed by atoms with Crippen molar-refractivity contribution in [3.8, 4) is 0 Å². The Labute approximate surface area is 111 Å². The summed E-state index contributed by atoms with van der Waals surface area (Å²) in [7, 11) is 0. The fourth-order valence-electron chi connectivity index (χ4n) is 1.52. The van der Waals surface area contributed by atoms with Crippen LogP contribution in [0.5, 0.6) is 0 Å². The highest BCUT2D eigenvalue weighted by Crippen LogP contribution is 2.29. The zero-order valence-electron chi connectivity index (χ0n) is 10.1. The molecule has 9 heteroatoms. The van der Waals surface area contributed by atoms with Crippen LogP contribution in [-0.4, -0.2) is 24.2 Å². The lowest BCUT2D eigenvalue weighted by atomic mass is 10.0. The van der Waals surface area contributed by atoms with Gasteiger partial charge >= 0.3 is 12.1 Å². The number of hydrogen-bond acceptors (Lipinski definition) is 3. The molecule has 0 saturated heterocycles. The quantitative estimate of drug-likeness (QED) is 0.364. The fourth-order valence-corrected chi connectivity index (χ4v) is 1.52. The first-order valence-corrected chi connectivity index (χ1v) is 5.50. The normalized spacial score (nSPS) is 12.6. The third-order valence-electron chi connectivity index (χ3n) is 2.44. The largest absolute Gasteiger partial charge is 0.480 e. The van der Waals surface area contributed by atoms with Gasteiger partial charge in [0.2, 0.25) is 0 Å². The van der Waals surface area contributed by atoms with Gasteiger partial charge in [-0.25, -0.2) is 0 Å². The molecular weight excluding hydrogens is 277 g/mol. The van der Waals surface area contributed by atoms with Crippen LogP contribution in [0.4, 0.5) is 13.2 Å². The van der Waals surface area contributed by atoms with E-state index in [1.165, 1.54) is 0 Å². The van der Waals surface area contributed by atoms with Gasteiger partial charge in [-0.15, -0.1) is 0 Å². The Bertz CT molecular complexity index is 509. The van der Waals surface area contributed by atoms with Crippen LogP contribution in [-0.2, 0) is 11.0 Å². The molecule has 0 fully saturated rings. The van der Waals surface area contributed by atoms with Crippen LogP contribution in [0.15, 0.2) is 29.4 Å². The highest BCUT2D eigenvalue weighted by atomic mass is 19.4. The maximum Gasteiger partial charge on any atom is 0.416 e. The Balaban J connectivity index is 2.82. The molecule has 1 rings (SSSR count). The van der Waals surface area contributed by atoms with E-state index in [2.05, 4.69) is 15.3 Å². The second-order valence-corrected chi connectivity index (χ2v) is 3.80. The van der Waals surface area contributed by atoms with Crippen LogP contribution in [0, 0.1) is 0 Å². The number of aliphatic carboxylic acids is 1. The van der Waals surface area contributed by atoms with Crippen LogP contribution < -0.4 is 5.32 Å². The molecule has 6 nitrogen and oxygen atoms in total. The first-order chi connectivity index (χ1) is 9.36. The molecule has 0 aliphatic rings. The molecule has 0 amide bonds. The zero-order valence-corrected chi connectivity index (χ0v) is 10.1. The molecule has 0 aromatic heterocycles. The minimum atomic E-state index is -4.47. The van der Waals surface area contributed by atoms with Gasteiger partial charge in [0.15, 0.2) is 0 Å². The Morgan fingerprint density at radius 3 is 2.45 bits per heavy atom. The number of carboxylic acid groups (broad SMARTS) is 1. The van der Waals surface area contributed by atoms with E-state index in [0.29, 0.717) is 0 Å². The summed E-state index contributed by atoms with van der Waals surface area (Å²) in [6.45, 7) is 0.142. The lowest BCUT2D eigenvalue weighted by Crippen LogP contribution is -2.30. The summed E-state index contributed by atoms with van der Waals surface area (Å²) in [4.78, 5) is 13.6. The van der Waals surface area contributed by atoms with Crippen LogP contribution >= 0.6 is 0 Å². The van der Waals surface area contributed by atoms with Crippen molar-refractivity contribution in [1.29, 1.82) is 0 Å². The van der Waals surface area contributed by atoms with Gasteiger partial charge in [-0.3, -0.25) is 4.79 Å². The predicted octanol–water partition coefficient (Wildman–Crippen LogP) is 2.73. The summed E-state index contributed by atoms with van der Waals surface area (Å²) in [5.74, 6) is -1.23. The van der Waals surface area contributed by atoms with E-state index in [1.54, 1.807) is 0 Å². The summed E-state index contributed by atoms with van der Waals surface area (Å²) < 4.78 is 37.2. The highest BCUT2D eigenvalue weighted by molar-refractivity contribution is 5.75. The van der Waals surface area contributed by atoms with E-state index < -0.39 is 23.8 Å². The molecule has 1 aromatic rings. The molecule has 0 spiro atoms. The van der Waals surface area contributed by atoms with Crippen LogP contribution in [0.1, 0.15) is 17.2 Å². The Hall–Kier alpha value is -2.25. The van der Waals surface area contributed by atoms with Gasteiger partial charge in [-0.1, -0.05) is 17.2 Å². The minimum absolute atomic E-state index is 0.0426. The summed E-state index contributed by atoms with van der Waals surface area (Å²) >= 11 is 0. The molecule has 20 heavy (non-hydrogen) atoms. The van der Waals surface area contributed by atoms with Crippen molar-refractivity contribution >= 4 is 5.97 Å². The number of carbonyl (C=O) groups is 1. The van der Waals surface area contributed by atoms with Crippen LogP contribution in [0.2, 0.25) is 0 Å². The molecule has 0 saturated carbocycles. The van der Waals surface area contributed by atoms with Crippen LogP contribution in [0.3, 0.4) is 0 Å². The van der Waals surface area contributed by atoms with Gasteiger partial charge in [-0.2, -0.15) is 13.2 Å². The molecule has 0 heterocycles. The molecule has 0 aliphatic carbocycles. The number of carboxylic acids is 1. The van der Waals surface area contributed by atoms with Crippen molar-refractivity contribution in [2.75, 3.05) is 13.1 Å². The van der Waals surface area contributed by atoms with Crippen molar-refractivity contribution in [3.05, 3.63) is 45.8 Å². The number of nitrogens with zero attached hydrogens (tertiary/aromatic N) is 3. The van der Waals surface area contributed by atoms with Gasteiger partial charge in [0.25, 0.3) is 0 Å². The summed E-state index contributed by atoms with van der Waals surface area (Å²) in [5.41, 5.74) is 7.41. The SMILES string of the molecule is [N-]=[N+]=NCCNC(C(=O)O)c1ccc(C(F)(F)F)cc1. The number of halogens is 3. The number of hydrogen-bond donors (Lipinski definition) is 2. The van der Waals surface area contributed by atoms with Crippen molar-refractivity contribution in [2.24, 2.45) is 5.11 Å². The van der Waals surface area contributed by atoms with Crippen molar-refractivity contribution < 1.29 is 23.1 Å². The molecule has 2 N–H and O–H groups in total. The molecule has 1 aromatic carbocycles.